The summed E-state index contributed by atoms with van der Waals surface area (Å²) in [6, 6.07) is 0. The number of hydrogen-bond donors (Lipinski definition) is 0. The summed E-state index contributed by atoms with van der Waals surface area (Å²) < 4.78 is 7.51. The van der Waals surface area contributed by atoms with Crippen LogP contribution in [-0.2, 0) is 11.8 Å². The fourth-order valence-electron chi connectivity index (χ4n) is 1.58. The molecule has 0 bridgehead atoms. The van der Waals surface area contributed by atoms with E-state index in [-0.39, 0.29) is 17.7 Å². The summed E-state index contributed by atoms with van der Waals surface area (Å²) in [4.78, 5) is 24.5. The predicted octanol–water partition coefficient (Wildman–Crippen LogP) is 2.51. The molecule has 0 unspecified atom stereocenters. The van der Waals surface area contributed by atoms with Crippen LogP contribution in [0.4, 0.5) is 0 Å². The molecule has 2 heterocycles. The Morgan fingerprint density at radius 2 is 2.18 bits per heavy atom. The quantitative estimate of drug-likeness (QED) is 0.495. The largest absolute Gasteiger partial charge is 0.462 e. The Bertz CT molecular complexity index is 581. The molecule has 7 heteroatoms. The van der Waals surface area contributed by atoms with E-state index in [9.17, 15) is 9.59 Å². The van der Waals surface area contributed by atoms with Gasteiger partial charge in [0.15, 0.2) is 0 Å². The lowest BCUT2D eigenvalue weighted by molar-refractivity contribution is 0.0526. The minimum absolute atomic E-state index is 0.172. The fraction of sp³-hybridized carbons (Fsp3) is 0.400. The zero-order valence-electron chi connectivity index (χ0n) is 9.60. The van der Waals surface area contributed by atoms with Crippen molar-refractivity contribution in [2.45, 2.75) is 11.1 Å². The van der Waals surface area contributed by atoms with Crippen molar-refractivity contribution in [1.29, 1.82) is 0 Å². The van der Waals surface area contributed by atoms with E-state index in [2.05, 4.69) is 0 Å². The van der Waals surface area contributed by atoms with Gasteiger partial charge in [0.05, 0.1) is 21.4 Å². The highest BCUT2D eigenvalue weighted by molar-refractivity contribution is 8.02. The van der Waals surface area contributed by atoms with Crippen LogP contribution in [0.25, 0.3) is 10.6 Å². The lowest BCUT2D eigenvalue weighted by atomic mass is 10.3. The second kappa shape index (κ2) is 4.83. The van der Waals surface area contributed by atoms with E-state index in [1.807, 2.05) is 6.26 Å². The number of hydrogen-bond acceptors (Lipinski definition) is 6. The molecule has 0 atom stereocenters. The number of carbonyl (C=O) groups is 1. The van der Waals surface area contributed by atoms with Gasteiger partial charge in [-0.1, -0.05) is 20.7 Å². The number of fused-ring (bicyclic) bond motifs is 1. The third kappa shape index (κ3) is 1.92. The monoisotopic (exact) mass is 289 g/mol. The standard InChI is InChI=1S/C10H11NO3S3/c1-4-14-9(13)5-7-6(11(2)8(5)12)10(15-3)17-16-7/h4H2,1-3H3. The summed E-state index contributed by atoms with van der Waals surface area (Å²) in [5, 5.41) is 0. The average Bonchev–Trinajstić information content (AvgIpc) is 2.81. The van der Waals surface area contributed by atoms with Gasteiger partial charge in [0.2, 0.25) is 0 Å². The molecule has 0 saturated heterocycles. The van der Waals surface area contributed by atoms with Crippen LogP contribution in [0.5, 0.6) is 0 Å². The van der Waals surface area contributed by atoms with Crippen molar-refractivity contribution in [2.75, 3.05) is 12.9 Å². The average molecular weight is 289 g/mol. The van der Waals surface area contributed by atoms with Gasteiger partial charge in [-0.05, 0) is 13.2 Å². The molecule has 2 aliphatic heterocycles. The highest BCUT2D eigenvalue weighted by atomic mass is 32.9. The molecule has 0 saturated carbocycles. The summed E-state index contributed by atoms with van der Waals surface area (Å²) in [6.07, 6.45) is 1.96. The first-order valence-electron chi connectivity index (χ1n) is 4.94. The molecule has 0 radical (unpaired) electrons. The Hall–Kier alpha value is -0.790. The maximum absolute atomic E-state index is 12.0. The van der Waals surface area contributed by atoms with Crippen LogP contribution in [0.1, 0.15) is 17.3 Å². The summed E-state index contributed by atoms with van der Waals surface area (Å²) in [5.74, 6) is -0.523. The molecular weight excluding hydrogens is 278 g/mol. The molecule has 17 heavy (non-hydrogen) atoms. The number of nitrogens with zero attached hydrogens (tertiary/aromatic N) is 1. The van der Waals surface area contributed by atoms with Crippen LogP contribution >= 0.6 is 32.4 Å². The zero-order chi connectivity index (χ0) is 12.6. The highest BCUT2D eigenvalue weighted by Crippen LogP contribution is 2.43. The summed E-state index contributed by atoms with van der Waals surface area (Å²) in [6.45, 7) is 2.01. The van der Waals surface area contributed by atoms with Crippen molar-refractivity contribution < 1.29 is 9.53 Å². The first-order valence-corrected chi connectivity index (χ1v) is 8.31. The van der Waals surface area contributed by atoms with Crippen LogP contribution in [0, 0.1) is 0 Å². The molecule has 4 nitrogen and oxygen atoms in total. The maximum atomic E-state index is 12.0. The van der Waals surface area contributed by atoms with Gasteiger partial charge >= 0.3 is 5.97 Å². The van der Waals surface area contributed by atoms with Crippen molar-refractivity contribution in [3.8, 4) is 10.6 Å². The van der Waals surface area contributed by atoms with E-state index in [0.29, 0.717) is 0 Å². The van der Waals surface area contributed by atoms with E-state index in [1.54, 1.807) is 36.1 Å². The zero-order valence-corrected chi connectivity index (χ0v) is 12.1. The van der Waals surface area contributed by atoms with E-state index < -0.39 is 5.97 Å². The summed E-state index contributed by atoms with van der Waals surface area (Å²) in [7, 11) is 4.72. The fourth-order valence-corrected chi connectivity index (χ4v) is 5.58. The first-order chi connectivity index (χ1) is 8.11. The molecule has 0 spiro atoms. The van der Waals surface area contributed by atoms with Gasteiger partial charge in [-0.3, -0.25) is 4.79 Å². The second-order valence-corrected chi connectivity index (χ2v) is 6.52. The number of thioether (sulfide) groups is 1. The Kier molecular flexibility index (Phi) is 3.60. The first kappa shape index (κ1) is 12.7. The van der Waals surface area contributed by atoms with E-state index in [4.69, 9.17) is 4.74 Å². The van der Waals surface area contributed by atoms with Crippen molar-refractivity contribution in [1.82, 2.24) is 4.57 Å². The van der Waals surface area contributed by atoms with E-state index >= 15 is 0 Å². The van der Waals surface area contributed by atoms with Crippen LogP contribution in [-0.4, -0.2) is 23.4 Å². The third-order valence-corrected chi connectivity index (χ3v) is 6.23. The van der Waals surface area contributed by atoms with Crippen molar-refractivity contribution >= 4 is 38.4 Å². The van der Waals surface area contributed by atoms with E-state index in [1.165, 1.54) is 14.9 Å². The Morgan fingerprint density at radius 3 is 2.76 bits per heavy atom. The van der Waals surface area contributed by atoms with Crippen LogP contribution < -0.4 is 5.56 Å². The second-order valence-electron chi connectivity index (χ2n) is 3.30. The molecule has 0 aromatic rings. The predicted molar refractivity (Wildman–Crippen MR) is 71.8 cm³/mol. The molecule has 2 rings (SSSR count). The van der Waals surface area contributed by atoms with Crippen molar-refractivity contribution in [2.24, 2.45) is 7.05 Å². The Labute approximate surface area is 110 Å². The number of ether oxygens (including phenoxy) is 1. The minimum Gasteiger partial charge on any atom is -0.462 e. The lowest BCUT2D eigenvalue weighted by Crippen LogP contribution is -2.19. The topological polar surface area (TPSA) is 48.3 Å². The van der Waals surface area contributed by atoms with Gasteiger partial charge in [0.1, 0.15) is 5.56 Å². The minimum atomic E-state index is -0.523. The van der Waals surface area contributed by atoms with Gasteiger partial charge in [-0.2, -0.15) is 0 Å². The highest BCUT2D eigenvalue weighted by Gasteiger charge is 2.29. The van der Waals surface area contributed by atoms with Crippen LogP contribution in [0.2, 0.25) is 0 Å². The lowest BCUT2D eigenvalue weighted by Gasteiger charge is -1.98. The maximum Gasteiger partial charge on any atom is 0.345 e. The van der Waals surface area contributed by atoms with Crippen molar-refractivity contribution in [3.05, 3.63) is 15.9 Å². The molecule has 0 aromatic heterocycles. The summed E-state index contributed by atoms with van der Waals surface area (Å²) >= 11 is 1.58. The molecule has 0 aliphatic carbocycles. The van der Waals surface area contributed by atoms with Crippen molar-refractivity contribution in [3.63, 3.8) is 0 Å². The SMILES string of the molecule is CCOC(=O)c1c2ssc(SC)c-2n(C)c1=O. The summed E-state index contributed by atoms with van der Waals surface area (Å²) in [5.41, 5.74) is 0.749. The van der Waals surface area contributed by atoms with Crippen LogP contribution in [0.15, 0.2) is 9.00 Å². The van der Waals surface area contributed by atoms with Gasteiger partial charge < -0.3 is 9.30 Å². The van der Waals surface area contributed by atoms with Gasteiger partial charge in [-0.25, -0.2) is 4.79 Å². The molecule has 0 fully saturated rings. The number of rotatable bonds is 3. The Balaban J connectivity index is 2.63. The molecule has 0 aromatic carbocycles. The number of carbonyl (C=O) groups excluding carboxylic acids is 1. The van der Waals surface area contributed by atoms with E-state index in [0.717, 1.165) is 14.8 Å². The molecule has 2 aliphatic rings. The normalized spacial score (nSPS) is 11.0. The molecule has 0 amide bonds. The molecule has 0 N–H and O–H groups in total. The number of esters is 1. The van der Waals surface area contributed by atoms with Gasteiger partial charge in [-0.15, -0.1) is 11.8 Å². The van der Waals surface area contributed by atoms with Gasteiger partial charge in [0.25, 0.3) is 5.56 Å². The number of aromatic nitrogens is 1. The Morgan fingerprint density at radius 1 is 1.47 bits per heavy atom. The van der Waals surface area contributed by atoms with Gasteiger partial charge in [0, 0.05) is 7.05 Å². The molecular formula is C10H11NO3S3. The third-order valence-electron chi connectivity index (χ3n) is 2.36. The van der Waals surface area contributed by atoms with Crippen LogP contribution in [0.3, 0.4) is 0 Å². The smallest absolute Gasteiger partial charge is 0.345 e. The molecule has 92 valence electrons.